The minimum absolute atomic E-state index is 0.194. The second kappa shape index (κ2) is 12.2. The number of nitrogens with zero attached hydrogens (tertiary/aromatic N) is 2. The smallest absolute Gasteiger partial charge is 0.258 e. The second-order valence-corrected chi connectivity index (χ2v) is 10.8. The number of nitrogens with one attached hydrogen (secondary N) is 2. The van der Waals surface area contributed by atoms with Crippen molar-refractivity contribution < 1.29 is 9.59 Å². The molecule has 2 aromatic carbocycles. The number of carbonyl (C=O) groups excluding carboxylic acids is 2. The van der Waals surface area contributed by atoms with E-state index in [9.17, 15) is 9.59 Å². The fraction of sp³-hybridized carbons (Fsp3) is 0.0606. The molecule has 208 valence electrons. The van der Waals surface area contributed by atoms with Gasteiger partial charge in [0.05, 0.1) is 21.6 Å². The van der Waals surface area contributed by atoms with E-state index in [1.165, 1.54) is 23.8 Å². The number of aromatic nitrogens is 2. The highest BCUT2D eigenvalue weighted by molar-refractivity contribution is 7.19. The van der Waals surface area contributed by atoms with E-state index in [1.807, 2.05) is 48.5 Å². The van der Waals surface area contributed by atoms with Crippen LogP contribution >= 0.6 is 11.3 Å². The van der Waals surface area contributed by atoms with E-state index in [0.717, 1.165) is 37.9 Å². The van der Waals surface area contributed by atoms with Crippen molar-refractivity contribution in [2.75, 3.05) is 11.4 Å². The number of hydrogen-bond donors (Lipinski definition) is 3. The summed E-state index contributed by atoms with van der Waals surface area (Å²) in [5.41, 5.74) is 12.1. The van der Waals surface area contributed by atoms with E-state index in [2.05, 4.69) is 36.1 Å². The number of H-pyrrole nitrogens is 1. The number of rotatable bonds is 8. The van der Waals surface area contributed by atoms with E-state index in [1.54, 1.807) is 36.2 Å². The van der Waals surface area contributed by atoms with Gasteiger partial charge < -0.3 is 20.9 Å². The van der Waals surface area contributed by atoms with Crippen molar-refractivity contribution in [2.24, 2.45) is 5.73 Å². The van der Waals surface area contributed by atoms with Crippen LogP contribution in [0.3, 0.4) is 0 Å². The van der Waals surface area contributed by atoms with Gasteiger partial charge in [0.25, 0.3) is 11.8 Å². The molecule has 2 aromatic heterocycles. The molecule has 5 rings (SSSR count). The SMILES string of the molecule is B/C(N)=C(/C=C)C(=O)N/C(C=C)=C/C=C(\C=C)C(=O)N1CCc2cc(-c3nc4ccccc4[nH]3)sc2-c2ccccc21. The van der Waals surface area contributed by atoms with Crippen molar-refractivity contribution >= 4 is 47.7 Å². The van der Waals surface area contributed by atoms with Gasteiger partial charge >= 0.3 is 0 Å². The zero-order valence-electron chi connectivity index (χ0n) is 23.3. The molecule has 9 heteroatoms. The molecule has 1 aliphatic rings. The molecule has 7 nitrogen and oxygen atoms in total. The maximum atomic E-state index is 13.9. The van der Waals surface area contributed by atoms with Crippen LogP contribution < -0.4 is 16.0 Å². The quantitative estimate of drug-likeness (QED) is 0.155. The molecule has 0 saturated heterocycles. The molecule has 0 spiro atoms. The third kappa shape index (κ3) is 5.55. The van der Waals surface area contributed by atoms with Crippen molar-refractivity contribution in [3.05, 3.63) is 133 Å². The Morgan fingerprint density at radius 1 is 1.05 bits per heavy atom. The number of amides is 2. The number of anilines is 1. The van der Waals surface area contributed by atoms with Crippen molar-refractivity contribution in [3.8, 4) is 21.1 Å². The highest BCUT2D eigenvalue weighted by Crippen LogP contribution is 2.44. The molecule has 0 unspecified atom stereocenters. The molecule has 0 atom stereocenters. The first kappa shape index (κ1) is 28.4. The monoisotopic (exact) mass is 571 g/mol. The molecule has 3 heterocycles. The Balaban J connectivity index is 1.45. The summed E-state index contributed by atoms with van der Waals surface area (Å²) in [7, 11) is 1.63. The molecular weight excluding hydrogens is 541 g/mol. The van der Waals surface area contributed by atoms with Crippen molar-refractivity contribution in [3.63, 3.8) is 0 Å². The first-order chi connectivity index (χ1) is 20.3. The molecular formula is C33H30BN5O2S. The number of hydrogen-bond acceptors (Lipinski definition) is 5. The van der Waals surface area contributed by atoms with Crippen LogP contribution in [-0.4, -0.2) is 36.2 Å². The lowest BCUT2D eigenvalue weighted by Gasteiger charge is -2.23. The van der Waals surface area contributed by atoms with Gasteiger partial charge in [0.15, 0.2) is 7.85 Å². The second-order valence-electron chi connectivity index (χ2n) is 9.70. The molecule has 0 fully saturated rings. The summed E-state index contributed by atoms with van der Waals surface area (Å²) in [6.07, 6.45) is 8.33. The van der Waals surface area contributed by atoms with Crippen LogP contribution in [0.1, 0.15) is 5.56 Å². The molecule has 0 saturated carbocycles. The number of thiophene rings is 1. The highest BCUT2D eigenvalue weighted by Gasteiger charge is 2.27. The number of fused-ring (bicyclic) bond motifs is 4. The van der Waals surface area contributed by atoms with Crippen LogP contribution in [0.15, 0.2) is 127 Å². The molecule has 0 bridgehead atoms. The van der Waals surface area contributed by atoms with Gasteiger partial charge in [0, 0.05) is 33.8 Å². The molecule has 42 heavy (non-hydrogen) atoms. The Labute approximate surface area is 249 Å². The van der Waals surface area contributed by atoms with E-state index >= 15 is 0 Å². The number of carbonyl (C=O) groups is 2. The van der Waals surface area contributed by atoms with Gasteiger partial charge in [0.2, 0.25) is 0 Å². The highest BCUT2D eigenvalue weighted by atomic mass is 32.1. The lowest BCUT2D eigenvalue weighted by molar-refractivity contribution is -0.116. The summed E-state index contributed by atoms with van der Waals surface area (Å²) < 4.78 is 0. The van der Waals surface area contributed by atoms with Gasteiger partial charge in [-0.3, -0.25) is 9.59 Å². The van der Waals surface area contributed by atoms with E-state index in [-0.39, 0.29) is 11.5 Å². The van der Waals surface area contributed by atoms with Crippen LogP contribution in [-0.2, 0) is 16.0 Å². The summed E-state index contributed by atoms with van der Waals surface area (Å²) in [4.78, 5) is 38.6. The van der Waals surface area contributed by atoms with E-state index < -0.39 is 5.91 Å². The number of aromatic amines is 1. The van der Waals surface area contributed by atoms with Crippen LogP contribution in [0.5, 0.6) is 0 Å². The third-order valence-electron chi connectivity index (χ3n) is 6.98. The Hall–Kier alpha value is -5.15. The maximum Gasteiger partial charge on any atom is 0.258 e. The summed E-state index contributed by atoms with van der Waals surface area (Å²) in [5.74, 6) is 0.233. The molecule has 1 aliphatic heterocycles. The minimum atomic E-state index is -0.411. The molecule has 0 radical (unpaired) electrons. The normalized spacial score (nSPS) is 13.9. The van der Waals surface area contributed by atoms with Gasteiger partial charge in [-0.15, -0.1) is 11.3 Å². The number of nitrogens with two attached hydrogens (primary N) is 1. The summed E-state index contributed by atoms with van der Waals surface area (Å²) >= 11 is 1.67. The van der Waals surface area contributed by atoms with Crippen LogP contribution in [0.25, 0.3) is 32.2 Å². The topological polar surface area (TPSA) is 104 Å². The van der Waals surface area contributed by atoms with Gasteiger partial charge in [-0.2, -0.15) is 0 Å². The van der Waals surface area contributed by atoms with Crippen molar-refractivity contribution in [1.29, 1.82) is 0 Å². The minimum Gasteiger partial charge on any atom is -0.409 e. The average molecular weight is 572 g/mol. The first-order valence-corrected chi connectivity index (χ1v) is 14.2. The standard InChI is InChI=1S/C33H30BN5O2S/c1-4-20(15-16-22(5-2)36-32(40)23(6-3)30(34)35)33(41)39-18-17-21-19-28(31-37-25-12-8-9-13-26(25)38-31)42-29(21)24-11-7-10-14-27(24)39/h4-16,19H,1-3,17-18,34-35H2,(H,36,40)(H,37,38)/b20-15+,22-16+,30-23+. The number of benzene rings is 2. The van der Waals surface area contributed by atoms with Crippen LogP contribution in [0.4, 0.5) is 5.69 Å². The summed E-state index contributed by atoms with van der Waals surface area (Å²) in [5, 5.41) is 2.74. The average Bonchev–Trinajstić information content (AvgIpc) is 3.58. The van der Waals surface area contributed by atoms with Crippen molar-refractivity contribution in [1.82, 2.24) is 15.3 Å². The fourth-order valence-electron chi connectivity index (χ4n) is 4.85. The fourth-order valence-corrected chi connectivity index (χ4v) is 6.04. The Morgan fingerprint density at radius 2 is 1.81 bits per heavy atom. The van der Waals surface area contributed by atoms with Crippen LogP contribution in [0.2, 0.25) is 0 Å². The van der Waals surface area contributed by atoms with E-state index in [0.29, 0.717) is 29.8 Å². The maximum absolute atomic E-state index is 13.9. The molecule has 4 aromatic rings. The van der Waals surface area contributed by atoms with Crippen molar-refractivity contribution in [2.45, 2.75) is 6.42 Å². The summed E-state index contributed by atoms with van der Waals surface area (Å²) in [6.45, 7) is 11.8. The Kier molecular flexibility index (Phi) is 8.22. The summed E-state index contributed by atoms with van der Waals surface area (Å²) in [6, 6.07) is 18.1. The predicted molar refractivity (Wildman–Crippen MR) is 176 cm³/mol. The predicted octanol–water partition coefficient (Wildman–Crippen LogP) is 5.14. The molecule has 4 N–H and O–H groups in total. The molecule has 0 aliphatic carbocycles. The largest absolute Gasteiger partial charge is 0.409 e. The lowest BCUT2D eigenvalue weighted by atomic mass is 9.98. The Morgan fingerprint density at radius 3 is 2.52 bits per heavy atom. The van der Waals surface area contributed by atoms with Crippen LogP contribution in [0, 0.1) is 0 Å². The number of allylic oxidation sites excluding steroid dienone is 3. The van der Waals surface area contributed by atoms with Gasteiger partial charge in [-0.25, -0.2) is 4.98 Å². The Bertz CT molecular complexity index is 1800. The number of imidazole rings is 1. The number of para-hydroxylation sites is 3. The van der Waals surface area contributed by atoms with Gasteiger partial charge in [-0.1, -0.05) is 62.2 Å². The van der Waals surface area contributed by atoms with E-state index in [4.69, 9.17) is 10.7 Å². The van der Waals surface area contributed by atoms with Gasteiger partial charge in [-0.05, 0) is 60.1 Å². The lowest BCUT2D eigenvalue weighted by Crippen LogP contribution is -2.33. The first-order valence-electron chi connectivity index (χ1n) is 13.4. The molecule has 2 amide bonds. The van der Waals surface area contributed by atoms with Gasteiger partial charge in [0.1, 0.15) is 5.82 Å². The zero-order chi connectivity index (χ0) is 29.8. The zero-order valence-corrected chi connectivity index (χ0v) is 24.1. The third-order valence-corrected chi connectivity index (χ3v) is 8.20.